The fourth-order valence-corrected chi connectivity index (χ4v) is 2.54. The zero-order chi connectivity index (χ0) is 13.0. The van der Waals surface area contributed by atoms with Gasteiger partial charge >= 0.3 is 0 Å². The highest BCUT2D eigenvalue weighted by Crippen LogP contribution is 2.27. The Morgan fingerprint density at radius 3 is 2.94 bits per heavy atom. The summed E-state index contributed by atoms with van der Waals surface area (Å²) in [5.41, 5.74) is 3.56. The maximum Gasteiger partial charge on any atom is 0.189 e. The van der Waals surface area contributed by atoms with Crippen LogP contribution in [0, 0.1) is 6.92 Å². The van der Waals surface area contributed by atoms with E-state index in [0.717, 1.165) is 23.9 Å². The minimum Gasteiger partial charge on any atom is -0.321 e. The predicted octanol–water partition coefficient (Wildman–Crippen LogP) is 3.33. The molecule has 0 saturated carbocycles. The molecular weight excluding hydrogens is 242 g/mol. The van der Waals surface area contributed by atoms with Crippen LogP contribution in [0.1, 0.15) is 18.2 Å². The first-order chi connectivity index (χ1) is 8.70. The largest absolute Gasteiger partial charge is 0.321 e. The molecule has 0 spiro atoms. The van der Waals surface area contributed by atoms with Crippen molar-refractivity contribution in [3.63, 3.8) is 0 Å². The van der Waals surface area contributed by atoms with Gasteiger partial charge in [0.25, 0.3) is 0 Å². The SMILES string of the molecule is CCNCc1csc(N(C)c2cccc(C)c2)n1. The standard InChI is InChI=1S/C14H19N3S/c1-4-15-9-12-10-18-14(16-12)17(3)13-7-5-6-11(2)8-13/h5-8,10,15H,4,9H2,1-3H3. The average molecular weight is 261 g/mol. The number of anilines is 2. The Morgan fingerprint density at radius 1 is 1.39 bits per heavy atom. The van der Waals surface area contributed by atoms with Gasteiger partial charge in [-0.3, -0.25) is 0 Å². The highest BCUT2D eigenvalue weighted by atomic mass is 32.1. The number of aryl methyl sites for hydroxylation is 1. The van der Waals surface area contributed by atoms with Gasteiger partial charge in [0.05, 0.1) is 5.69 Å². The van der Waals surface area contributed by atoms with Gasteiger partial charge in [0.2, 0.25) is 0 Å². The summed E-state index contributed by atoms with van der Waals surface area (Å²) >= 11 is 1.68. The van der Waals surface area contributed by atoms with E-state index < -0.39 is 0 Å². The molecule has 4 heteroatoms. The molecule has 1 heterocycles. The van der Waals surface area contributed by atoms with E-state index in [0.29, 0.717) is 0 Å². The lowest BCUT2D eigenvalue weighted by molar-refractivity contribution is 0.714. The molecule has 0 aliphatic carbocycles. The number of rotatable bonds is 5. The Bertz CT molecular complexity index is 507. The average Bonchev–Trinajstić information content (AvgIpc) is 2.84. The topological polar surface area (TPSA) is 28.2 Å². The van der Waals surface area contributed by atoms with Crippen molar-refractivity contribution in [3.8, 4) is 0 Å². The van der Waals surface area contributed by atoms with Crippen LogP contribution in [0.15, 0.2) is 29.6 Å². The molecule has 0 amide bonds. The fraction of sp³-hybridized carbons (Fsp3) is 0.357. The molecule has 0 aliphatic rings. The number of hydrogen-bond acceptors (Lipinski definition) is 4. The summed E-state index contributed by atoms with van der Waals surface area (Å²) in [6, 6.07) is 8.47. The van der Waals surface area contributed by atoms with E-state index >= 15 is 0 Å². The van der Waals surface area contributed by atoms with Crippen LogP contribution in [0.2, 0.25) is 0 Å². The second kappa shape index (κ2) is 5.98. The van der Waals surface area contributed by atoms with Crippen molar-refractivity contribution in [2.45, 2.75) is 20.4 Å². The summed E-state index contributed by atoms with van der Waals surface area (Å²) in [5, 5.41) is 6.44. The van der Waals surface area contributed by atoms with Crippen molar-refractivity contribution in [1.82, 2.24) is 10.3 Å². The van der Waals surface area contributed by atoms with Gasteiger partial charge in [-0.05, 0) is 31.2 Å². The highest BCUT2D eigenvalue weighted by Gasteiger charge is 2.08. The number of nitrogens with zero attached hydrogens (tertiary/aromatic N) is 2. The molecule has 1 aromatic heterocycles. The molecule has 1 aromatic carbocycles. The van der Waals surface area contributed by atoms with Crippen LogP contribution in [-0.2, 0) is 6.54 Å². The van der Waals surface area contributed by atoms with E-state index in [2.05, 4.69) is 65.7 Å². The molecule has 0 unspecified atom stereocenters. The van der Waals surface area contributed by atoms with Crippen molar-refractivity contribution in [2.75, 3.05) is 18.5 Å². The number of aromatic nitrogens is 1. The molecule has 2 rings (SSSR count). The minimum absolute atomic E-state index is 0.842. The van der Waals surface area contributed by atoms with Crippen LogP contribution in [0.25, 0.3) is 0 Å². The molecule has 0 aliphatic heterocycles. The van der Waals surface area contributed by atoms with Crippen molar-refractivity contribution in [2.24, 2.45) is 0 Å². The van der Waals surface area contributed by atoms with Crippen molar-refractivity contribution in [3.05, 3.63) is 40.9 Å². The van der Waals surface area contributed by atoms with Crippen LogP contribution in [0.4, 0.5) is 10.8 Å². The van der Waals surface area contributed by atoms with Crippen LogP contribution in [-0.4, -0.2) is 18.6 Å². The third kappa shape index (κ3) is 3.09. The summed E-state index contributed by atoms with van der Waals surface area (Å²) in [7, 11) is 2.06. The van der Waals surface area contributed by atoms with Crippen molar-refractivity contribution in [1.29, 1.82) is 0 Å². The summed E-state index contributed by atoms with van der Waals surface area (Å²) in [6.07, 6.45) is 0. The molecule has 96 valence electrons. The van der Waals surface area contributed by atoms with Gasteiger partial charge in [-0.2, -0.15) is 0 Å². The predicted molar refractivity (Wildman–Crippen MR) is 78.7 cm³/mol. The quantitative estimate of drug-likeness (QED) is 0.895. The fourth-order valence-electron chi connectivity index (χ4n) is 1.73. The molecule has 0 saturated heterocycles. The lowest BCUT2D eigenvalue weighted by Gasteiger charge is -2.16. The highest BCUT2D eigenvalue weighted by molar-refractivity contribution is 7.13. The Labute approximate surface area is 112 Å². The first kappa shape index (κ1) is 13.1. The first-order valence-electron chi connectivity index (χ1n) is 6.16. The third-order valence-corrected chi connectivity index (χ3v) is 3.74. The van der Waals surface area contributed by atoms with Crippen LogP contribution in [0.3, 0.4) is 0 Å². The molecule has 1 N–H and O–H groups in total. The monoisotopic (exact) mass is 261 g/mol. The lowest BCUT2D eigenvalue weighted by atomic mass is 10.2. The zero-order valence-electron chi connectivity index (χ0n) is 11.1. The van der Waals surface area contributed by atoms with Gasteiger partial charge in [-0.25, -0.2) is 4.98 Å². The van der Waals surface area contributed by atoms with E-state index in [9.17, 15) is 0 Å². The van der Waals surface area contributed by atoms with Gasteiger partial charge in [0.1, 0.15) is 0 Å². The zero-order valence-corrected chi connectivity index (χ0v) is 11.9. The molecule has 18 heavy (non-hydrogen) atoms. The summed E-state index contributed by atoms with van der Waals surface area (Å²) in [6.45, 7) is 6.02. The second-order valence-corrected chi connectivity index (χ2v) is 5.14. The maximum absolute atomic E-state index is 4.64. The number of benzene rings is 1. The lowest BCUT2D eigenvalue weighted by Crippen LogP contribution is -2.13. The summed E-state index contributed by atoms with van der Waals surface area (Å²) < 4.78 is 0. The Morgan fingerprint density at radius 2 is 2.22 bits per heavy atom. The molecule has 0 radical (unpaired) electrons. The normalized spacial score (nSPS) is 10.6. The summed E-state index contributed by atoms with van der Waals surface area (Å²) in [5.74, 6) is 0. The molecular formula is C14H19N3S. The van der Waals surface area contributed by atoms with E-state index in [1.165, 1.54) is 11.3 Å². The first-order valence-corrected chi connectivity index (χ1v) is 7.04. The molecule has 0 atom stereocenters. The molecule has 2 aromatic rings. The van der Waals surface area contributed by atoms with Crippen LogP contribution < -0.4 is 10.2 Å². The molecule has 0 bridgehead atoms. The molecule has 0 fully saturated rings. The third-order valence-electron chi connectivity index (χ3n) is 2.77. The second-order valence-electron chi connectivity index (χ2n) is 4.30. The Balaban J connectivity index is 2.13. The van der Waals surface area contributed by atoms with Gasteiger partial charge in [-0.15, -0.1) is 11.3 Å². The minimum atomic E-state index is 0.842. The molecule has 3 nitrogen and oxygen atoms in total. The smallest absolute Gasteiger partial charge is 0.189 e. The summed E-state index contributed by atoms with van der Waals surface area (Å²) in [4.78, 5) is 6.77. The number of hydrogen-bond donors (Lipinski definition) is 1. The van der Waals surface area contributed by atoms with Gasteiger partial charge < -0.3 is 10.2 Å². The van der Waals surface area contributed by atoms with E-state index in [-0.39, 0.29) is 0 Å². The Kier molecular flexibility index (Phi) is 4.33. The van der Waals surface area contributed by atoms with Gasteiger partial charge in [-0.1, -0.05) is 19.1 Å². The van der Waals surface area contributed by atoms with E-state index in [1.54, 1.807) is 11.3 Å². The Hall–Kier alpha value is -1.39. The number of thiazole rings is 1. The van der Waals surface area contributed by atoms with E-state index in [1.807, 2.05) is 0 Å². The number of nitrogens with one attached hydrogen (secondary N) is 1. The van der Waals surface area contributed by atoms with Crippen LogP contribution in [0.5, 0.6) is 0 Å². The van der Waals surface area contributed by atoms with Crippen molar-refractivity contribution >= 4 is 22.2 Å². The van der Waals surface area contributed by atoms with E-state index in [4.69, 9.17) is 0 Å². The maximum atomic E-state index is 4.64. The van der Waals surface area contributed by atoms with Gasteiger partial charge in [0.15, 0.2) is 5.13 Å². The van der Waals surface area contributed by atoms with Crippen LogP contribution >= 0.6 is 11.3 Å². The van der Waals surface area contributed by atoms with Gasteiger partial charge in [0, 0.05) is 24.7 Å². The van der Waals surface area contributed by atoms with Crippen molar-refractivity contribution < 1.29 is 0 Å².